The largest absolute Gasteiger partial charge is 0.394 e. The van der Waals surface area contributed by atoms with Crippen molar-refractivity contribution in [1.82, 2.24) is 63.8 Å². The molecule has 1 saturated heterocycles. The molecule has 0 bridgehead atoms. The van der Waals surface area contributed by atoms with Crippen LogP contribution in [0.15, 0.2) is 30.3 Å². The predicted octanol–water partition coefficient (Wildman–Crippen LogP) is -2.32. The third-order valence-corrected chi connectivity index (χ3v) is 16.6. The van der Waals surface area contributed by atoms with Gasteiger partial charge >= 0.3 is 0 Å². The Morgan fingerprint density at radius 1 is 0.621 bits per heavy atom. The molecule has 3 rings (SSSR count). The predicted molar refractivity (Wildman–Crippen MR) is 314 cm³/mol. The van der Waals surface area contributed by atoms with E-state index in [1.807, 2.05) is 30.3 Å². The van der Waals surface area contributed by atoms with Crippen LogP contribution < -0.4 is 69.5 Å². The number of aliphatic hydroxyl groups is 2. The summed E-state index contributed by atoms with van der Waals surface area (Å²) < 4.78 is 27.1. The van der Waals surface area contributed by atoms with Crippen molar-refractivity contribution in [2.24, 2.45) is 35.3 Å². The summed E-state index contributed by atoms with van der Waals surface area (Å²) >= 11 is 0. The standard InChI is InChI=1S/C58H93F2N13O14/c1-12-28(5)42(69-49(79)37(62-11)23-34-19-17-16-18-20-34)53(83)66-38(26-74)50(80)65-36(21-22-41(61)76)48(78)68-44(30(7)14-3)55(85)70-43(29(6)13-2)54(84)67-39(27-75)51(81)71-46-32(9)63-52(82)45(31(8)15-4)72-57(87)58(25-35(58)24-40(59)60)73-47(77)33(10)64-56(46)86/h16-20,28-33,35-40,42-46,62,74-75H,12-15,21-27H2,1-11H3,(H2,61,76)(H,63,82)(H,64,86)(H,65,80)(H,66,83)(H,67,84)(H,68,78)(H,69,79)(H,70,85)(H,71,81)(H,72,87)(H,73,77)/t28-,29-,30-,31-,32-,33-,35-,36+,37+,38-,39-,42-,43-,44+,45-,46+,58-/m0/s1. The lowest BCUT2D eigenvalue weighted by Gasteiger charge is -2.32. The number of carbonyl (C=O) groups is 12. The molecule has 1 heterocycles. The monoisotopic (exact) mass is 1230 g/mol. The number of halogens is 2. The number of benzene rings is 1. The highest BCUT2D eigenvalue weighted by Gasteiger charge is 2.62. The van der Waals surface area contributed by atoms with Gasteiger partial charge in [0.05, 0.1) is 25.3 Å². The highest BCUT2D eigenvalue weighted by atomic mass is 19.3. The molecule has 1 saturated carbocycles. The summed E-state index contributed by atoms with van der Waals surface area (Å²) in [6.07, 6.45) is -3.05. The second kappa shape index (κ2) is 34.8. The summed E-state index contributed by atoms with van der Waals surface area (Å²) in [6.45, 7) is 13.9. The van der Waals surface area contributed by atoms with Crippen LogP contribution >= 0.6 is 0 Å². The Bertz CT molecular complexity index is 2570. The van der Waals surface area contributed by atoms with Crippen molar-refractivity contribution < 1.29 is 76.5 Å². The first kappa shape index (κ1) is 73.9. The Morgan fingerprint density at radius 2 is 1.09 bits per heavy atom. The number of aliphatic hydroxyl groups excluding tert-OH is 2. The zero-order chi connectivity index (χ0) is 65.6. The van der Waals surface area contributed by atoms with Gasteiger partial charge in [-0.25, -0.2) is 8.78 Å². The second-order valence-electron chi connectivity index (χ2n) is 23.0. The van der Waals surface area contributed by atoms with Gasteiger partial charge in [0.2, 0.25) is 77.3 Å². The van der Waals surface area contributed by atoms with E-state index >= 15 is 0 Å². The van der Waals surface area contributed by atoms with Crippen LogP contribution in [0.4, 0.5) is 8.78 Å². The van der Waals surface area contributed by atoms with Crippen molar-refractivity contribution in [2.75, 3.05) is 20.3 Å². The fourth-order valence-corrected chi connectivity index (χ4v) is 9.83. The summed E-state index contributed by atoms with van der Waals surface area (Å²) in [5.74, 6) is -14.4. The Labute approximate surface area is 506 Å². The van der Waals surface area contributed by atoms with Crippen molar-refractivity contribution in [3.05, 3.63) is 35.9 Å². The number of carbonyl (C=O) groups excluding carboxylic acids is 12. The molecule has 16 N–H and O–H groups in total. The molecular formula is C58H93F2N13O14. The quantitative estimate of drug-likeness (QED) is 0.0360. The lowest BCUT2D eigenvalue weighted by molar-refractivity contribution is -0.138. The van der Waals surface area contributed by atoms with E-state index in [4.69, 9.17) is 5.73 Å². The number of nitrogens with two attached hydrogens (primary N) is 1. The first-order valence-corrected chi connectivity index (χ1v) is 29.8. The first-order chi connectivity index (χ1) is 41.0. The van der Waals surface area contributed by atoms with E-state index in [1.165, 1.54) is 13.8 Å². The normalized spacial score (nSPS) is 23.5. The molecule has 1 spiro atoms. The van der Waals surface area contributed by atoms with E-state index in [0.29, 0.717) is 19.3 Å². The Morgan fingerprint density at radius 3 is 1.56 bits per heavy atom. The van der Waals surface area contributed by atoms with Crippen molar-refractivity contribution >= 4 is 70.9 Å². The molecule has 27 nitrogen and oxygen atoms in total. The van der Waals surface area contributed by atoms with Gasteiger partial charge in [-0.2, -0.15) is 0 Å². The number of hydrogen-bond donors (Lipinski definition) is 15. The average molecular weight is 1230 g/mol. The van der Waals surface area contributed by atoms with Gasteiger partial charge in [-0.05, 0) is 75.3 Å². The average Bonchev–Trinajstić information content (AvgIpc) is 1.65. The van der Waals surface area contributed by atoms with Crippen molar-refractivity contribution in [3.8, 4) is 0 Å². The van der Waals surface area contributed by atoms with Crippen LogP contribution in [0.1, 0.15) is 126 Å². The number of amides is 12. The zero-order valence-corrected chi connectivity index (χ0v) is 51.6. The third-order valence-electron chi connectivity index (χ3n) is 16.6. The van der Waals surface area contributed by atoms with Gasteiger partial charge in [-0.15, -0.1) is 0 Å². The van der Waals surface area contributed by atoms with Gasteiger partial charge in [0.25, 0.3) is 0 Å². The van der Waals surface area contributed by atoms with Gasteiger partial charge < -0.3 is 79.7 Å². The molecule has 12 amide bonds. The minimum atomic E-state index is -2.82. The summed E-state index contributed by atoms with van der Waals surface area (Å²) in [7, 11) is 1.59. The molecule has 1 aromatic rings. The molecule has 488 valence electrons. The topological polar surface area (TPSA) is 416 Å². The van der Waals surface area contributed by atoms with Crippen LogP contribution in [0.5, 0.6) is 0 Å². The lowest BCUT2D eigenvalue weighted by Crippen LogP contribution is -2.64. The highest BCUT2D eigenvalue weighted by molar-refractivity contribution is 6.01. The van der Waals surface area contributed by atoms with Crippen molar-refractivity contribution in [2.45, 2.75) is 205 Å². The van der Waals surface area contributed by atoms with Crippen LogP contribution in [0, 0.1) is 29.6 Å². The van der Waals surface area contributed by atoms with Gasteiger partial charge in [0.1, 0.15) is 59.9 Å². The summed E-state index contributed by atoms with van der Waals surface area (Å²) in [5, 5.41) is 51.6. The van der Waals surface area contributed by atoms with Crippen LogP contribution in [-0.4, -0.2) is 180 Å². The van der Waals surface area contributed by atoms with Gasteiger partial charge in [0.15, 0.2) is 0 Å². The molecule has 1 aliphatic heterocycles. The Hall–Kier alpha value is -7.40. The molecule has 0 radical (unpaired) electrons. The lowest BCUT2D eigenvalue weighted by atomic mass is 9.94. The molecule has 0 unspecified atom stereocenters. The van der Waals surface area contributed by atoms with Crippen LogP contribution in [-0.2, 0) is 64.0 Å². The molecule has 1 aliphatic carbocycles. The number of alkyl halides is 2. The summed E-state index contributed by atoms with van der Waals surface area (Å²) in [6, 6.07) is -6.60. The van der Waals surface area contributed by atoms with Gasteiger partial charge in [-0.3, -0.25) is 57.5 Å². The highest BCUT2D eigenvalue weighted by Crippen LogP contribution is 2.47. The Balaban J connectivity index is 1.85. The van der Waals surface area contributed by atoms with E-state index in [1.54, 1.807) is 62.4 Å². The number of rotatable bonds is 32. The fraction of sp³-hybridized carbons (Fsp3) is 0.690. The van der Waals surface area contributed by atoms with E-state index in [2.05, 4.69) is 63.8 Å². The number of nitrogens with one attached hydrogen (secondary N) is 12. The number of hydrogen-bond acceptors (Lipinski definition) is 15. The second-order valence-corrected chi connectivity index (χ2v) is 23.0. The first-order valence-electron chi connectivity index (χ1n) is 29.8. The molecule has 1 aromatic carbocycles. The minimum absolute atomic E-state index is 0.163. The molecule has 0 aromatic heterocycles. The molecule has 17 atom stereocenters. The maximum atomic E-state index is 14.4. The van der Waals surface area contributed by atoms with E-state index in [9.17, 15) is 76.5 Å². The maximum absolute atomic E-state index is 14.4. The molecule has 29 heteroatoms. The molecule has 87 heavy (non-hydrogen) atoms. The van der Waals surface area contributed by atoms with E-state index < -0.39 is 211 Å². The third kappa shape index (κ3) is 21.2. The van der Waals surface area contributed by atoms with Crippen molar-refractivity contribution in [3.63, 3.8) is 0 Å². The van der Waals surface area contributed by atoms with Gasteiger partial charge in [0, 0.05) is 12.8 Å². The molecule has 2 aliphatic rings. The number of likely N-dealkylation sites (N-methyl/N-ethyl adjacent to an activating group) is 1. The number of primary amides is 1. The van der Waals surface area contributed by atoms with Crippen LogP contribution in [0.3, 0.4) is 0 Å². The van der Waals surface area contributed by atoms with E-state index in [-0.39, 0.29) is 19.3 Å². The molecular weight excluding hydrogens is 1140 g/mol. The SMILES string of the molecule is CC[C@H](C)[C@H](NC(=O)[C@@H](Cc1ccccc1)NC)C(=O)N[C@@H](CO)C(=O)N[C@H](CCC(N)=O)C(=O)N[C@@H](C(=O)N[C@H](C(=O)N[C@@H](CO)C(=O)N[C@H]1C(=O)N[C@@H](C)C(=O)N[C@]2(C[C@@H]2CC(F)F)C(=O)N[C@@H]([C@@H](C)CC)C(=O)N[C@H]1C)[C@@H](C)CC)[C@@H](C)CC. The van der Waals surface area contributed by atoms with Crippen LogP contribution in [0.25, 0.3) is 0 Å². The van der Waals surface area contributed by atoms with E-state index in [0.717, 1.165) is 5.56 Å². The van der Waals surface area contributed by atoms with Crippen LogP contribution in [0.2, 0.25) is 0 Å². The maximum Gasteiger partial charge on any atom is 0.246 e. The smallest absolute Gasteiger partial charge is 0.246 e. The molecule has 2 fully saturated rings. The minimum Gasteiger partial charge on any atom is -0.394 e. The van der Waals surface area contributed by atoms with Crippen molar-refractivity contribution in [1.29, 1.82) is 0 Å². The summed E-state index contributed by atoms with van der Waals surface area (Å²) in [4.78, 5) is 165. The summed E-state index contributed by atoms with van der Waals surface area (Å²) in [5.41, 5.74) is 4.49. The zero-order valence-electron chi connectivity index (χ0n) is 51.6. The Kier molecular flexibility index (Phi) is 29.6. The van der Waals surface area contributed by atoms with Gasteiger partial charge in [-0.1, -0.05) is 111 Å². The fourth-order valence-electron chi connectivity index (χ4n) is 9.83.